The van der Waals surface area contributed by atoms with Crippen molar-refractivity contribution in [2.75, 3.05) is 45.7 Å². The number of carbonyl (C=O) groups is 2. The number of carboxylic acid groups (broad SMARTS) is 1. The van der Waals surface area contributed by atoms with Crippen LogP contribution in [0.2, 0.25) is 0 Å². The van der Waals surface area contributed by atoms with Gasteiger partial charge in [-0.1, -0.05) is 6.07 Å². The minimum atomic E-state index is -3.81. The molecule has 1 aromatic heterocycles. The number of hydroxylamine groups is 1. The molecule has 40 heavy (non-hydrogen) atoms. The number of benzene rings is 2. The number of carbonyl (C=O) groups excluding carboxylic acids is 1. The highest BCUT2D eigenvalue weighted by Gasteiger charge is 2.43. The van der Waals surface area contributed by atoms with Gasteiger partial charge in [-0.05, 0) is 43.2 Å². The second-order valence-corrected chi connectivity index (χ2v) is 11.9. The van der Waals surface area contributed by atoms with Gasteiger partial charge in [-0.25, -0.2) is 18.3 Å². The van der Waals surface area contributed by atoms with Crippen molar-refractivity contribution in [1.29, 1.82) is 0 Å². The zero-order valence-corrected chi connectivity index (χ0v) is 23.1. The minimum absolute atomic E-state index is 0.0965. The summed E-state index contributed by atoms with van der Waals surface area (Å²) in [6.07, 6.45) is 2.56. The van der Waals surface area contributed by atoms with Crippen LogP contribution in [0.25, 0.3) is 22.0 Å². The molecule has 0 radical (unpaired) electrons. The standard InChI is InChI=1S/C25H31FN4O6S.CH2O2/c1-25(24(31)28-32,37(2,33)34)7-8-30-17-19-15-18(3-6-23(19)27-30)21-5-4-20(16-22(21)26)36-14-11-29-9-12-35-13-10-29;2-1-3/h3-6,15-17,32H,7-14H2,1-2H3,(H,28,31);1H,(H,2,3). The van der Waals surface area contributed by atoms with Gasteiger partial charge in [0.25, 0.3) is 12.4 Å². The van der Waals surface area contributed by atoms with Gasteiger partial charge in [0.15, 0.2) is 14.6 Å². The highest BCUT2D eigenvalue weighted by atomic mass is 32.2. The van der Waals surface area contributed by atoms with Crippen LogP contribution in [0, 0.1) is 5.82 Å². The Hall–Kier alpha value is -3.59. The zero-order chi connectivity index (χ0) is 29.3. The molecule has 4 rings (SSSR count). The van der Waals surface area contributed by atoms with Crippen LogP contribution in [-0.4, -0.2) is 96.2 Å². The van der Waals surface area contributed by atoms with Crippen molar-refractivity contribution in [2.24, 2.45) is 0 Å². The van der Waals surface area contributed by atoms with E-state index in [1.165, 1.54) is 23.2 Å². The number of amides is 1. The maximum Gasteiger partial charge on any atom is 0.290 e. The lowest BCUT2D eigenvalue weighted by atomic mass is 10.0. The molecule has 3 aromatic rings. The Labute approximate surface area is 231 Å². The predicted octanol–water partition coefficient (Wildman–Crippen LogP) is 1.95. The normalized spacial score (nSPS) is 15.5. The van der Waals surface area contributed by atoms with Crippen LogP contribution in [0.5, 0.6) is 5.75 Å². The molecule has 1 amide bonds. The van der Waals surface area contributed by atoms with Gasteiger partial charge in [0.1, 0.15) is 18.2 Å². The number of fused-ring (bicyclic) bond motifs is 1. The number of ether oxygens (including phenoxy) is 2. The van der Waals surface area contributed by atoms with Crippen LogP contribution < -0.4 is 10.2 Å². The first-order chi connectivity index (χ1) is 19.0. The smallest absolute Gasteiger partial charge is 0.290 e. The van der Waals surface area contributed by atoms with Crippen molar-refractivity contribution in [3.05, 3.63) is 48.4 Å². The second-order valence-electron chi connectivity index (χ2n) is 9.41. The molecule has 1 atom stereocenters. The molecule has 3 N–H and O–H groups in total. The molecule has 1 unspecified atom stereocenters. The van der Waals surface area contributed by atoms with Crippen molar-refractivity contribution in [1.82, 2.24) is 20.2 Å². The van der Waals surface area contributed by atoms with Crippen molar-refractivity contribution in [3.8, 4) is 16.9 Å². The van der Waals surface area contributed by atoms with Gasteiger partial charge in [0, 0.05) is 55.6 Å². The van der Waals surface area contributed by atoms with Crippen molar-refractivity contribution < 1.29 is 42.2 Å². The van der Waals surface area contributed by atoms with Crippen LogP contribution >= 0.6 is 0 Å². The number of morpholine rings is 1. The summed E-state index contributed by atoms with van der Waals surface area (Å²) in [6, 6.07) is 10.1. The summed E-state index contributed by atoms with van der Waals surface area (Å²) in [5.74, 6) is -0.947. The molecule has 218 valence electrons. The van der Waals surface area contributed by atoms with E-state index in [2.05, 4.69) is 10.00 Å². The van der Waals surface area contributed by atoms with E-state index < -0.39 is 26.3 Å². The number of sulfone groups is 1. The fourth-order valence-electron chi connectivity index (χ4n) is 4.21. The van der Waals surface area contributed by atoms with Crippen LogP contribution in [-0.2, 0) is 30.7 Å². The number of nitrogens with one attached hydrogen (secondary N) is 1. The van der Waals surface area contributed by atoms with Crippen LogP contribution in [0.4, 0.5) is 4.39 Å². The topological polar surface area (TPSA) is 160 Å². The first-order valence-electron chi connectivity index (χ1n) is 12.4. The fourth-order valence-corrected chi connectivity index (χ4v) is 5.05. The van der Waals surface area contributed by atoms with Gasteiger partial charge in [-0.2, -0.15) is 5.10 Å². The summed E-state index contributed by atoms with van der Waals surface area (Å²) < 4.78 is 50.1. The SMILES string of the molecule is CC(CCn1cc2cc(-c3ccc(OCCN4CCOCC4)cc3F)ccc2n1)(C(=O)NO)S(C)(=O)=O.O=CO. The Morgan fingerprint density at radius 3 is 2.55 bits per heavy atom. The quantitative estimate of drug-likeness (QED) is 0.184. The predicted molar refractivity (Wildman–Crippen MR) is 144 cm³/mol. The van der Waals surface area contributed by atoms with Crippen molar-refractivity contribution in [3.63, 3.8) is 0 Å². The minimum Gasteiger partial charge on any atom is -0.492 e. The maximum absolute atomic E-state index is 15.0. The lowest BCUT2D eigenvalue weighted by molar-refractivity contribution is -0.131. The number of aromatic nitrogens is 2. The molecule has 14 heteroatoms. The first-order valence-corrected chi connectivity index (χ1v) is 14.3. The molecular formula is C26H33FN4O8S. The average molecular weight is 581 g/mol. The Bertz CT molecular complexity index is 1430. The lowest BCUT2D eigenvalue weighted by Gasteiger charge is -2.26. The molecule has 0 spiro atoms. The van der Waals surface area contributed by atoms with Gasteiger partial charge in [0.05, 0.1) is 18.7 Å². The van der Waals surface area contributed by atoms with E-state index in [4.69, 9.17) is 24.6 Å². The summed E-state index contributed by atoms with van der Waals surface area (Å²) >= 11 is 0. The molecule has 1 aliphatic heterocycles. The molecule has 2 aromatic carbocycles. The number of aryl methyl sites for hydroxylation is 1. The van der Waals surface area contributed by atoms with Gasteiger partial charge in [-0.15, -0.1) is 0 Å². The van der Waals surface area contributed by atoms with Crippen LogP contribution in [0.15, 0.2) is 42.6 Å². The van der Waals surface area contributed by atoms with E-state index in [9.17, 15) is 17.6 Å². The Balaban J connectivity index is 0.00000141. The molecule has 12 nitrogen and oxygen atoms in total. The van der Waals surface area contributed by atoms with Crippen molar-refractivity contribution in [2.45, 2.75) is 24.6 Å². The largest absolute Gasteiger partial charge is 0.492 e. The van der Waals surface area contributed by atoms with Gasteiger partial charge in [0.2, 0.25) is 0 Å². The van der Waals surface area contributed by atoms with E-state index in [0.29, 0.717) is 42.2 Å². The molecule has 0 aliphatic carbocycles. The third-order valence-electron chi connectivity index (χ3n) is 6.80. The zero-order valence-electron chi connectivity index (χ0n) is 22.2. The second kappa shape index (κ2) is 13.7. The van der Waals surface area contributed by atoms with E-state index in [1.807, 2.05) is 0 Å². The first kappa shape index (κ1) is 30.9. The third kappa shape index (κ3) is 7.53. The highest BCUT2D eigenvalue weighted by molar-refractivity contribution is 7.92. The van der Waals surface area contributed by atoms with E-state index in [0.717, 1.165) is 31.3 Å². The van der Waals surface area contributed by atoms with Gasteiger partial charge in [-0.3, -0.25) is 24.4 Å². The molecule has 0 bridgehead atoms. The Morgan fingerprint density at radius 2 is 1.93 bits per heavy atom. The van der Waals surface area contributed by atoms with E-state index in [1.54, 1.807) is 36.5 Å². The van der Waals surface area contributed by atoms with Crippen LogP contribution in [0.1, 0.15) is 13.3 Å². The summed E-state index contributed by atoms with van der Waals surface area (Å²) in [7, 11) is -3.81. The summed E-state index contributed by atoms with van der Waals surface area (Å²) in [6.45, 7) is 5.50. The Morgan fingerprint density at radius 1 is 1.23 bits per heavy atom. The number of rotatable bonds is 10. The number of nitrogens with zero attached hydrogens (tertiary/aromatic N) is 3. The van der Waals surface area contributed by atoms with E-state index >= 15 is 0 Å². The molecule has 1 aliphatic rings. The molecule has 1 fully saturated rings. The van der Waals surface area contributed by atoms with Crippen LogP contribution in [0.3, 0.4) is 0 Å². The summed E-state index contributed by atoms with van der Waals surface area (Å²) in [5, 5.41) is 21.0. The van der Waals surface area contributed by atoms with E-state index in [-0.39, 0.29) is 19.4 Å². The van der Waals surface area contributed by atoms with Gasteiger partial charge < -0.3 is 14.6 Å². The fraction of sp³-hybridized carbons (Fsp3) is 0.423. The lowest BCUT2D eigenvalue weighted by Crippen LogP contribution is -2.49. The van der Waals surface area contributed by atoms with Gasteiger partial charge >= 0.3 is 0 Å². The maximum atomic E-state index is 15.0. The third-order valence-corrected chi connectivity index (χ3v) is 8.83. The Kier molecular flexibility index (Phi) is 10.6. The molecule has 0 saturated carbocycles. The monoisotopic (exact) mass is 580 g/mol. The van der Waals surface area contributed by atoms with Crippen molar-refractivity contribution >= 4 is 33.1 Å². The molecule has 2 heterocycles. The number of hydrogen-bond acceptors (Lipinski definition) is 9. The number of hydrogen-bond donors (Lipinski definition) is 3. The number of halogens is 1. The average Bonchev–Trinajstić information content (AvgIpc) is 3.34. The molecule has 1 saturated heterocycles. The summed E-state index contributed by atoms with van der Waals surface area (Å²) in [4.78, 5) is 22.6. The molecular weight excluding hydrogens is 547 g/mol. The highest BCUT2D eigenvalue weighted by Crippen LogP contribution is 2.29. The summed E-state index contributed by atoms with van der Waals surface area (Å²) in [5.41, 5.74) is 3.15.